The number of carbonyl (C=O) groups is 1. The Morgan fingerprint density at radius 3 is 3.26 bits per heavy atom. The standard InChI is InChI=1S/C15H19N3O/c1-2-3-11-6-15(19)18(9-11)10-12-7-17-14-8-16-5-4-13(12)14/h4-5,7-8,11,17H,2-3,6,9-10H2,1H3. The minimum Gasteiger partial charge on any atom is -0.360 e. The first-order valence-electron chi connectivity index (χ1n) is 6.95. The first kappa shape index (κ1) is 12.2. The zero-order valence-corrected chi connectivity index (χ0v) is 11.2. The molecule has 3 heterocycles. The summed E-state index contributed by atoms with van der Waals surface area (Å²) < 4.78 is 0. The summed E-state index contributed by atoms with van der Waals surface area (Å²) in [6.45, 7) is 3.80. The number of hydrogen-bond acceptors (Lipinski definition) is 2. The van der Waals surface area contributed by atoms with Crippen LogP contribution in [0.5, 0.6) is 0 Å². The lowest BCUT2D eigenvalue weighted by atomic mass is 10.0. The van der Waals surface area contributed by atoms with E-state index >= 15 is 0 Å². The Bertz CT molecular complexity index is 590. The van der Waals surface area contributed by atoms with E-state index in [1.54, 1.807) is 6.20 Å². The predicted molar refractivity (Wildman–Crippen MR) is 74.5 cm³/mol. The number of H-pyrrole nitrogens is 1. The number of amides is 1. The van der Waals surface area contributed by atoms with Crippen molar-refractivity contribution in [2.75, 3.05) is 6.54 Å². The Labute approximate surface area is 112 Å². The number of hydrogen-bond donors (Lipinski definition) is 1. The number of rotatable bonds is 4. The average molecular weight is 257 g/mol. The third-order valence-electron chi connectivity index (χ3n) is 3.92. The molecule has 1 amide bonds. The van der Waals surface area contributed by atoms with E-state index in [0.29, 0.717) is 18.4 Å². The van der Waals surface area contributed by atoms with Gasteiger partial charge in [-0.25, -0.2) is 0 Å². The second kappa shape index (κ2) is 5.03. The van der Waals surface area contributed by atoms with Crippen molar-refractivity contribution < 1.29 is 4.79 Å². The second-order valence-corrected chi connectivity index (χ2v) is 5.37. The number of pyridine rings is 1. The van der Waals surface area contributed by atoms with Crippen LogP contribution in [0.4, 0.5) is 0 Å². The van der Waals surface area contributed by atoms with Gasteiger partial charge in [0.15, 0.2) is 0 Å². The van der Waals surface area contributed by atoms with Gasteiger partial charge < -0.3 is 9.88 Å². The lowest BCUT2D eigenvalue weighted by Gasteiger charge is -2.16. The number of aromatic amines is 1. The van der Waals surface area contributed by atoms with Gasteiger partial charge in [-0.3, -0.25) is 9.78 Å². The Balaban J connectivity index is 1.76. The molecule has 1 atom stereocenters. The number of likely N-dealkylation sites (tertiary alicyclic amines) is 1. The number of aromatic nitrogens is 2. The van der Waals surface area contributed by atoms with Crippen LogP contribution in [0.1, 0.15) is 31.7 Å². The van der Waals surface area contributed by atoms with E-state index in [2.05, 4.69) is 16.9 Å². The summed E-state index contributed by atoms with van der Waals surface area (Å²) in [5, 5.41) is 1.17. The van der Waals surface area contributed by atoms with E-state index in [1.165, 1.54) is 10.9 Å². The van der Waals surface area contributed by atoms with Gasteiger partial charge in [0.05, 0.1) is 11.7 Å². The molecule has 1 saturated heterocycles. The van der Waals surface area contributed by atoms with E-state index in [-0.39, 0.29) is 0 Å². The van der Waals surface area contributed by atoms with Crippen LogP contribution in [0.15, 0.2) is 24.7 Å². The van der Waals surface area contributed by atoms with Gasteiger partial charge in [-0.15, -0.1) is 0 Å². The van der Waals surface area contributed by atoms with Crippen molar-refractivity contribution in [3.05, 3.63) is 30.2 Å². The van der Waals surface area contributed by atoms with Crippen molar-refractivity contribution in [2.24, 2.45) is 5.92 Å². The average Bonchev–Trinajstić information content (AvgIpc) is 2.96. The molecule has 0 radical (unpaired) electrons. The summed E-state index contributed by atoms with van der Waals surface area (Å²) >= 11 is 0. The number of fused-ring (bicyclic) bond motifs is 1. The number of carbonyl (C=O) groups excluding carboxylic acids is 1. The Kier molecular flexibility index (Phi) is 3.23. The molecule has 19 heavy (non-hydrogen) atoms. The third kappa shape index (κ3) is 2.35. The molecule has 0 spiro atoms. The molecule has 0 aromatic carbocycles. The lowest BCUT2D eigenvalue weighted by molar-refractivity contribution is -0.128. The Morgan fingerprint density at radius 1 is 1.53 bits per heavy atom. The van der Waals surface area contributed by atoms with Gasteiger partial charge in [0.1, 0.15) is 0 Å². The summed E-state index contributed by atoms with van der Waals surface area (Å²) in [5.74, 6) is 0.839. The monoisotopic (exact) mass is 257 g/mol. The minimum atomic E-state index is 0.293. The van der Waals surface area contributed by atoms with Crippen molar-refractivity contribution in [1.82, 2.24) is 14.9 Å². The summed E-state index contributed by atoms with van der Waals surface area (Å²) in [6.07, 6.45) is 8.64. The van der Waals surface area contributed by atoms with E-state index in [9.17, 15) is 4.79 Å². The summed E-state index contributed by atoms with van der Waals surface area (Å²) in [7, 11) is 0. The molecule has 4 nitrogen and oxygen atoms in total. The highest BCUT2D eigenvalue weighted by Gasteiger charge is 2.29. The maximum atomic E-state index is 12.0. The Hall–Kier alpha value is -1.84. The van der Waals surface area contributed by atoms with Gasteiger partial charge in [0, 0.05) is 37.3 Å². The van der Waals surface area contributed by atoms with Crippen LogP contribution in [0, 0.1) is 5.92 Å². The molecule has 0 bridgehead atoms. The van der Waals surface area contributed by atoms with Gasteiger partial charge >= 0.3 is 0 Å². The van der Waals surface area contributed by atoms with Crippen molar-refractivity contribution in [3.63, 3.8) is 0 Å². The van der Waals surface area contributed by atoms with Gasteiger partial charge in [0.2, 0.25) is 5.91 Å². The molecule has 1 aliphatic rings. The molecular formula is C15H19N3O. The van der Waals surface area contributed by atoms with E-state index < -0.39 is 0 Å². The number of nitrogens with one attached hydrogen (secondary N) is 1. The van der Waals surface area contributed by atoms with E-state index in [0.717, 1.165) is 31.3 Å². The second-order valence-electron chi connectivity index (χ2n) is 5.37. The molecule has 0 aliphatic carbocycles. The maximum Gasteiger partial charge on any atom is 0.223 e. The number of nitrogens with zero attached hydrogens (tertiary/aromatic N) is 2. The molecule has 4 heteroatoms. The van der Waals surface area contributed by atoms with Crippen molar-refractivity contribution in [1.29, 1.82) is 0 Å². The molecule has 3 rings (SSSR count). The van der Waals surface area contributed by atoms with Crippen molar-refractivity contribution >= 4 is 16.8 Å². The van der Waals surface area contributed by atoms with Crippen LogP contribution in [-0.2, 0) is 11.3 Å². The van der Waals surface area contributed by atoms with Crippen LogP contribution < -0.4 is 0 Å². The highest BCUT2D eigenvalue weighted by Crippen LogP contribution is 2.26. The minimum absolute atomic E-state index is 0.293. The first-order chi connectivity index (χ1) is 9.28. The molecule has 2 aromatic rings. The fourth-order valence-electron chi connectivity index (χ4n) is 2.98. The summed E-state index contributed by atoms with van der Waals surface area (Å²) in [6, 6.07) is 2.01. The zero-order valence-electron chi connectivity index (χ0n) is 11.2. The molecule has 2 aromatic heterocycles. The molecule has 100 valence electrons. The van der Waals surface area contributed by atoms with Gasteiger partial charge in [-0.1, -0.05) is 13.3 Å². The van der Waals surface area contributed by atoms with Crippen LogP contribution >= 0.6 is 0 Å². The van der Waals surface area contributed by atoms with Crippen LogP contribution in [0.25, 0.3) is 10.9 Å². The van der Waals surface area contributed by atoms with Crippen LogP contribution in [0.3, 0.4) is 0 Å². The lowest BCUT2D eigenvalue weighted by Crippen LogP contribution is -2.24. The van der Waals surface area contributed by atoms with Gasteiger partial charge in [-0.05, 0) is 24.0 Å². The molecule has 1 fully saturated rings. The summed E-state index contributed by atoms with van der Waals surface area (Å²) in [5.41, 5.74) is 2.22. The third-order valence-corrected chi connectivity index (χ3v) is 3.92. The quantitative estimate of drug-likeness (QED) is 0.915. The van der Waals surface area contributed by atoms with Gasteiger partial charge in [-0.2, -0.15) is 0 Å². The van der Waals surface area contributed by atoms with Crippen LogP contribution in [0.2, 0.25) is 0 Å². The van der Waals surface area contributed by atoms with Gasteiger partial charge in [0.25, 0.3) is 0 Å². The summed E-state index contributed by atoms with van der Waals surface area (Å²) in [4.78, 5) is 21.3. The smallest absolute Gasteiger partial charge is 0.223 e. The zero-order chi connectivity index (χ0) is 13.2. The molecule has 0 saturated carbocycles. The Morgan fingerprint density at radius 2 is 2.42 bits per heavy atom. The molecular weight excluding hydrogens is 238 g/mol. The predicted octanol–water partition coefficient (Wildman–Crippen LogP) is 2.71. The van der Waals surface area contributed by atoms with Crippen LogP contribution in [-0.4, -0.2) is 27.3 Å². The van der Waals surface area contributed by atoms with E-state index in [1.807, 2.05) is 23.4 Å². The topological polar surface area (TPSA) is 49.0 Å². The fraction of sp³-hybridized carbons (Fsp3) is 0.467. The highest BCUT2D eigenvalue weighted by molar-refractivity contribution is 5.83. The molecule has 1 aliphatic heterocycles. The van der Waals surface area contributed by atoms with E-state index in [4.69, 9.17) is 0 Å². The fourth-order valence-corrected chi connectivity index (χ4v) is 2.98. The first-order valence-corrected chi connectivity index (χ1v) is 6.95. The van der Waals surface area contributed by atoms with Crippen molar-refractivity contribution in [3.8, 4) is 0 Å². The largest absolute Gasteiger partial charge is 0.360 e. The normalized spacial score (nSPS) is 19.5. The molecule has 1 unspecified atom stereocenters. The highest BCUT2D eigenvalue weighted by atomic mass is 16.2. The SMILES string of the molecule is CCCC1CC(=O)N(Cc2c[nH]c3cnccc23)C1. The molecule has 1 N–H and O–H groups in total. The maximum absolute atomic E-state index is 12.0. The van der Waals surface area contributed by atoms with Crippen molar-refractivity contribution in [2.45, 2.75) is 32.7 Å².